The predicted molar refractivity (Wildman–Crippen MR) is 105 cm³/mol. The zero-order chi connectivity index (χ0) is 17.3. The number of anilines is 3. The van der Waals surface area contributed by atoms with Gasteiger partial charge in [0.2, 0.25) is 0 Å². The maximum Gasteiger partial charge on any atom is 0.106 e. The number of benzene rings is 2. The van der Waals surface area contributed by atoms with Crippen LogP contribution in [0.2, 0.25) is 0 Å². The number of nitrogens with zero attached hydrogens (tertiary/aromatic N) is 2. The van der Waals surface area contributed by atoms with Gasteiger partial charge in [-0.1, -0.05) is 58.0 Å². The van der Waals surface area contributed by atoms with Gasteiger partial charge >= 0.3 is 0 Å². The lowest BCUT2D eigenvalue weighted by atomic mass is 9.88. The highest BCUT2D eigenvalue weighted by Gasteiger charge is 2.35. The lowest BCUT2D eigenvalue weighted by Crippen LogP contribution is -2.40. The second-order valence-corrected chi connectivity index (χ2v) is 7.13. The minimum Gasteiger partial charge on any atom is -0.349 e. The van der Waals surface area contributed by atoms with Gasteiger partial charge in [-0.25, -0.2) is 0 Å². The molecule has 2 aromatic rings. The number of hydrogen-bond acceptors (Lipinski definition) is 2. The highest BCUT2D eigenvalue weighted by atomic mass is 15.4. The molecule has 2 nitrogen and oxygen atoms in total. The van der Waals surface area contributed by atoms with E-state index in [4.69, 9.17) is 0 Å². The molecule has 1 aliphatic rings. The van der Waals surface area contributed by atoms with Gasteiger partial charge in [0, 0.05) is 12.2 Å². The van der Waals surface area contributed by atoms with Gasteiger partial charge < -0.3 is 9.80 Å². The highest BCUT2D eigenvalue weighted by molar-refractivity contribution is 5.84. The first-order valence-electron chi connectivity index (χ1n) is 9.33. The molecular formula is C22H30N2. The van der Waals surface area contributed by atoms with E-state index in [1.54, 1.807) is 0 Å². The van der Waals surface area contributed by atoms with E-state index < -0.39 is 0 Å². The van der Waals surface area contributed by atoms with Crippen LogP contribution in [0.25, 0.3) is 0 Å². The standard InChI is InChI=1S/C22H30N2/c1-6-22-23(7-2)20-14-10-11-15-21(20)24(22)19-13-9-8-12-18(19)17(5)16(3)4/h8-17,22H,6-7H2,1-5H3. The Morgan fingerprint density at radius 2 is 1.42 bits per heavy atom. The molecule has 0 aliphatic carbocycles. The van der Waals surface area contributed by atoms with Gasteiger partial charge in [-0.05, 0) is 48.9 Å². The summed E-state index contributed by atoms with van der Waals surface area (Å²) in [5.41, 5.74) is 5.53. The Kier molecular flexibility index (Phi) is 4.84. The van der Waals surface area contributed by atoms with Crippen LogP contribution in [0.3, 0.4) is 0 Å². The van der Waals surface area contributed by atoms with Crippen molar-refractivity contribution in [2.75, 3.05) is 16.3 Å². The molecule has 0 spiro atoms. The molecule has 0 aromatic heterocycles. The topological polar surface area (TPSA) is 6.48 Å². The molecule has 1 aliphatic heterocycles. The lowest BCUT2D eigenvalue weighted by molar-refractivity contribution is 0.532. The SMILES string of the molecule is CCC1N(CC)c2ccccc2N1c1ccccc1C(C)C(C)C. The summed E-state index contributed by atoms with van der Waals surface area (Å²) in [5, 5.41) is 0. The summed E-state index contributed by atoms with van der Waals surface area (Å²) in [5.74, 6) is 1.17. The third kappa shape index (κ3) is 2.68. The van der Waals surface area contributed by atoms with Gasteiger partial charge in [-0.2, -0.15) is 0 Å². The Morgan fingerprint density at radius 3 is 2.00 bits per heavy atom. The Morgan fingerprint density at radius 1 is 0.833 bits per heavy atom. The fourth-order valence-electron chi connectivity index (χ4n) is 3.90. The molecule has 0 fully saturated rings. The Labute approximate surface area is 147 Å². The summed E-state index contributed by atoms with van der Waals surface area (Å²) in [6.45, 7) is 12.6. The summed E-state index contributed by atoms with van der Waals surface area (Å²) in [4.78, 5) is 5.10. The fraction of sp³-hybridized carbons (Fsp3) is 0.455. The molecule has 0 saturated carbocycles. The minimum absolute atomic E-state index is 0.396. The van der Waals surface area contributed by atoms with Crippen LogP contribution in [0.15, 0.2) is 48.5 Å². The molecular weight excluding hydrogens is 292 g/mol. The molecule has 0 bridgehead atoms. The van der Waals surface area contributed by atoms with Crippen molar-refractivity contribution in [3.63, 3.8) is 0 Å². The maximum absolute atomic E-state index is 2.56. The van der Waals surface area contributed by atoms with E-state index in [1.165, 1.54) is 22.6 Å². The summed E-state index contributed by atoms with van der Waals surface area (Å²) in [7, 11) is 0. The highest BCUT2D eigenvalue weighted by Crippen LogP contribution is 2.47. The zero-order valence-corrected chi connectivity index (χ0v) is 15.7. The van der Waals surface area contributed by atoms with Crippen molar-refractivity contribution in [1.29, 1.82) is 0 Å². The zero-order valence-electron chi connectivity index (χ0n) is 15.7. The normalized spacial score (nSPS) is 18.2. The number of hydrogen-bond donors (Lipinski definition) is 0. The first-order chi connectivity index (χ1) is 11.6. The number of rotatable bonds is 5. The van der Waals surface area contributed by atoms with Crippen molar-refractivity contribution in [3.05, 3.63) is 54.1 Å². The van der Waals surface area contributed by atoms with Crippen LogP contribution in [-0.2, 0) is 0 Å². The van der Waals surface area contributed by atoms with E-state index in [2.05, 4.69) is 92.9 Å². The molecule has 3 rings (SSSR count). The average molecular weight is 322 g/mol. The third-order valence-corrected chi connectivity index (χ3v) is 5.50. The van der Waals surface area contributed by atoms with Crippen molar-refractivity contribution in [2.45, 2.75) is 53.1 Å². The largest absolute Gasteiger partial charge is 0.349 e. The van der Waals surface area contributed by atoms with Crippen LogP contribution < -0.4 is 9.80 Å². The molecule has 128 valence electrons. The molecule has 0 radical (unpaired) electrons. The van der Waals surface area contributed by atoms with Gasteiger partial charge in [0.1, 0.15) is 6.17 Å². The van der Waals surface area contributed by atoms with Gasteiger partial charge in [-0.15, -0.1) is 0 Å². The van der Waals surface area contributed by atoms with Crippen molar-refractivity contribution in [1.82, 2.24) is 0 Å². The van der Waals surface area contributed by atoms with Gasteiger partial charge in [-0.3, -0.25) is 0 Å². The molecule has 2 atom stereocenters. The predicted octanol–water partition coefficient (Wildman–Crippen LogP) is 6.16. The summed E-state index contributed by atoms with van der Waals surface area (Å²) in [6, 6.07) is 17.8. The monoisotopic (exact) mass is 322 g/mol. The minimum atomic E-state index is 0.396. The summed E-state index contributed by atoms with van der Waals surface area (Å²) in [6.07, 6.45) is 1.50. The second kappa shape index (κ2) is 6.88. The molecule has 24 heavy (non-hydrogen) atoms. The summed E-state index contributed by atoms with van der Waals surface area (Å²) < 4.78 is 0. The van der Waals surface area contributed by atoms with Crippen molar-refractivity contribution >= 4 is 17.1 Å². The molecule has 0 saturated heterocycles. The fourth-order valence-corrected chi connectivity index (χ4v) is 3.90. The maximum atomic E-state index is 2.56. The van der Waals surface area contributed by atoms with Crippen molar-refractivity contribution < 1.29 is 0 Å². The molecule has 0 N–H and O–H groups in total. The van der Waals surface area contributed by atoms with Gasteiger partial charge in [0.05, 0.1) is 11.4 Å². The Bertz CT molecular complexity index is 692. The lowest BCUT2D eigenvalue weighted by Gasteiger charge is -2.34. The van der Waals surface area contributed by atoms with Crippen LogP contribution in [0.4, 0.5) is 17.1 Å². The number of para-hydroxylation sites is 3. The van der Waals surface area contributed by atoms with E-state index in [-0.39, 0.29) is 0 Å². The van der Waals surface area contributed by atoms with Crippen LogP contribution >= 0.6 is 0 Å². The van der Waals surface area contributed by atoms with E-state index in [9.17, 15) is 0 Å². The molecule has 2 unspecified atom stereocenters. The number of fused-ring (bicyclic) bond motifs is 1. The first kappa shape index (κ1) is 16.9. The van der Waals surface area contributed by atoms with E-state index in [0.29, 0.717) is 18.0 Å². The van der Waals surface area contributed by atoms with Crippen molar-refractivity contribution in [3.8, 4) is 0 Å². The quantitative estimate of drug-likeness (QED) is 0.650. The van der Waals surface area contributed by atoms with Crippen LogP contribution in [-0.4, -0.2) is 12.7 Å². The molecule has 0 amide bonds. The van der Waals surface area contributed by atoms with Gasteiger partial charge in [0.25, 0.3) is 0 Å². The van der Waals surface area contributed by atoms with Crippen LogP contribution in [0.5, 0.6) is 0 Å². The first-order valence-corrected chi connectivity index (χ1v) is 9.33. The molecule has 2 aromatic carbocycles. The summed E-state index contributed by atoms with van der Waals surface area (Å²) >= 11 is 0. The molecule has 1 heterocycles. The average Bonchev–Trinajstić information content (AvgIpc) is 2.94. The van der Waals surface area contributed by atoms with Crippen molar-refractivity contribution in [2.24, 2.45) is 5.92 Å². The van der Waals surface area contributed by atoms with E-state index in [1.807, 2.05) is 0 Å². The Balaban J connectivity index is 2.15. The Hall–Kier alpha value is -1.96. The smallest absolute Gasteiger partial charge is 0.106 e. The second-order valence-electron chi connectivity index (χ2n) is 7.13. The van der Waals surface area contributed by atoms with Gasteiger partial charge in [0.15, 0.2) is 0 Å². The van der Waals surface area contributed by atoms with Crippen LogP contribution in [0, 0.1) is 5.92 Å². The van der Waals surface area contributed by atoms with E-state index >= 15 is 0 Å². The van der Waals surface area contributed by atoms with Crippen LogP contribution in [0.1, 0.15) is 52.5 Å². The van der Waals surface area contributed by atoms with E-state index in [0.717, 1.165) is 13.0 Å². The molecule has 2 heteroatoms. The third-order valence-electron chi connectivity index (χ3n) is 5.50.